The molecule has 160 valence electrons. The molecule has 30 heavy (non-hydrogen) atoms. The standard InChI is InChI=1S/C23H30N4O3/c1-25-15-19(14-24-25)23-21-5-3-2-4-18(21)6-7-22(23)30-17-20(29)16-27-10-8-26(9-11-27)12-13-28/h2-7,14-15,20,28-29H,8-13,16-17H2,1H3. The number of rotatable bonds is 8. The number of piperazine rings is 1. The van der Waals surface area contributed by atoms with Crippen LogP contribution in [0.5, 0.6) is 5.75 Å². The Morgan fingerprint density at radius 3 is 2.57 bits per heavy atom. The van der Waals surface area contributed by atoms with E-state index >= 15 is 0 Å². The van der Waals surface area contributed by atoms with Gasteiger partial charge in [-0.3, -0.25) is 14.5 Å². The number of ether oxygens (including phenoxy) is 1. The minimum atomic E-state index is -0.567. The minimum absolute atomic E-state index is 0.196. The number of β-amino-alcohol motifs (C(OH)–C–C–N with tert-alkyl or cyclic N) is 2. The van der Waals surface area contributed by atoms with E-state index in [4.69, 9.17) is 9.84 Å². The van der Waals surface area contributed by atoms with E-state index in [2.05, 4.69) is 33.1 Å². The molecule has 2 heterocycles. The summed E-state index contributed by atoms with van der Waals surface area (Å²) in [6, 6.07) is 12.3. The minimum Gasteiger partial charge on any atom is -0.490 e. The molecule has 1 unspecified atom stereocenters. The molecule has 0 aliphatic carbocycles. The van der Waals surface area contributed by atoms with Gasteiger partial charge in [-0.05, 0) is 16.8 Å². The van der Waals surface area contributed by atoms with Crippen molar-refractivity contribution < 1.29 is 14.9 Å². The second kappa shape index (κ2) is 9.57. The number of hydrogen-bond donors (Lipinski definition) is 2. The topological polar surface area (TPSA) is 74.0 Å². The average Bonchev–Trinajstić information content (AvgIpc) is 3.19. The van der Waals surface area contributed by atoms with Crippen LogP contribution in [0.15, 0.2) is 48.8 Å². The van der Waals surface area contributed by atoms with Gasteiger partial charge in [-0.2, -0.15) is 5.10 Å². The second-order valence-electron chi connectivity index (χ2n) is 7.89. The van der Waals surface area contributed by atoms with Gasteiger partial charge in [-0.25, -0.2) is 0 Å². The fourth-order valence-electron chi connectivity index (χ4n) is 4.09. The monoisotopic (exact) mass is 410 g/mol. The van der Waals surface area contributed by atoms with Crippen LogP contribution in [0.2, 0.25) is 0 Å². The Bertz CT molecular complexity index is 966. The number of aromatic nitrogens is 2. The summed E-state index contributed by atoms with van der Waals surface area (Å²) in [5.41, 5.74) is 2.00. The summed E-state index contributed by atoms with van der Waals surface area (Å²) in [5, 5.41) is 26.2. The van der Waals surface area contributed by atoms with Gasteiger partial charge in [0.05, 0.1) is 12.8 Å². The fraction of sp³-hybridized carbons (Fsp3) is 0.435. The van der Waals surface area contributed by atoms with E-state index in [-0.39, 0.29) is 13.2 Å². The van der Waals surface area contributed by atoms with Gasteiger partial charge in [0.1, 0.15) is 18.5 Å². The van der Waals surface area contributed by atoms with Crippen LogP contribution in [0, 0.1) is 0 Å². The van der Waals surface area contributed by atoms with Crippen molar-refractivity contribution in [1.82, 2.24) is 19.6 Å². The second-order valence-corrected chi connectivity index (χ2v) is 7.89. The number of nitrogens with zero attached hydrogens (tertiary/aromatic N) is 4. The predicted octanol–water partition coefficient (Wildman–Crippen LogP) is 1.59. The van der Waals surface area contributed by atoms with Gasteiger partial charge in [0.15, 0.2) is 0 Å². The molecule has 7 nitrogen and oxygen atoms in total. The van der Waals surface area contributed by atoms with Gasteiger partial charge < -0.3 is 14.9 Å². The quantitative estimate of drug-likeness (QED) is 0.588. The third kappa shape index (κ3) is 4.82. The Morgan fingerprint density at radius 1 is 1.07 bits per heavy atom. The summed E-state index contributed by atoms with van der Waals surface area (Å²) in [5.74, 6) is 0.758. The molecule has 0 radical (unpaired) electrons. The maximum atomic E-state index is 10.6. The summed E-state index contributed by atoms with van der Waals surface area (Å²) >= 11 is 0. The third-order valence-electron chi connectivity index (χ3n) is 5.67. The zero-order valence-electron chi connectivity index (χ0n) is 17.4. The number of aliphatic hydroxyl groups is 2. The largest absolute Gasteiger partial charge is 0.490 e. The number of hydrogen-bond acceptors (Lipinski definition) is 6. The third-order valence-corrected chi connectivity index (χ3v) is 5.67. The van der Waals surface area contributed by atoms with Crippen LogP contribution in [-0.2, 0) is 7.05 Å². The number of aryl methyl sites for hydroxylation is 1. The maximum absolute atomic E-state index is 10.6. The predicted molar refractivity (Wildman–Crippen MR) is 118 cm³/mol. The molecule has 4 rings (SSSR count). The molecule has 3 aromatic rings. The zero-order valence-corrected chi connectivity index (χ0v) is 17.4. The molecule has 1 fully saturated rings. The van der Waals surface area contributed by atoms with Crippen molar-refractivity contribution in [3.05, 3.63) is 48.8 Å². The molecule has 1 aliphatic rings. The molecular weight excluding hydrogens is 380 g/mol. The van der Waals surface area contributed by atoms with Crippen LogP contribution in [0.1, 0.15) is 0 Å². The molecule has 1 atom stereocenters. The summed E-state index contributed by atoms with van der Waals surface area (Å²) in [4.78, 5) is 4.50. The first-order valence-corrected chi connectivity index (χ1v) is 10.5. The molecular formula is C23H30N4O3. The van der Waals surface area contributed by atoms with Crippen molar-refractivity contribution in [2.24, 2.45) is 7.05 Å². The summed E-state index contributed by atoms with van der Waals surface area (Å²) in [6.07, 6.45) is 3.26. The first kappa shape index (κ1) is 20.8. The van der Waals surface area contributed by atoms with E-state index in [1.54, 1.807) is 4.68 Å². The van der Waals surface area contributed by atoms with Crippen molar-refractivity contribution in [1.29, 1.82) is 0 Å². The first-order valence-electron chi connectivity index (χ1n) is 10.5. The number of aliphatic hydroxyl groups excluding tert-OH is 2. The van der Waals surface area contributed by atoms with Gasteiger partial charge in [0, 0.05) is 63.6 Å². The van der Waals surface area contributed by atoms with Crippen molar-refractivity contribution >= 4 is 10.8 Å². The van der Waals surface area contributed by atoms with Crippen molar-refractivity contribution in [3.63, 3.8) is 0 Å². The van der Waals surface area contributed by atoms with Crippen molar-refractivity contribution in [2.45, 2.75) is 6.10 Å². The van der Waals surface area contributed by atoms with E-state index in [1.807, 2.05) is 37.6 Å². The maximum Gasteiger partial charge on any atom is 0.128 e. The van der Waals surface area contributed by atoms with Crippen LogP contribution >= 0.6 is 0 Å². The van der Waals surface area contributed by atoms with Gasteiger partial charge in [-0.1, -0.05) is 30.3 Å². The van der Waals surface area contributed by atoms with Gasteiger partial charge in [0.2, 0.25) is 0 Å². The Labute approximate surface area is 177 Å². The molecule has 0 spiro atoms. The van der Waals surface area contributed by atoms with Gasteiger partial charge in [-0.15, -0.1) is 0 Å². The lowest BCUT2D eigenvalue weighted by atomic mass is 9.99. The number of benzene rings is 2. The molecule has 2 aromatic carbocycles. The van der Waals surface area contributed by atoms with E-state index in [9.17, 15) is 5.11 Å². The SMILES string of the molecule is Cn1cc(-c2c(OCC(O)CN3CCN(CCO)CC3)ccc3ccccc23)cn1. The number of fused-ring (bicyclic) bond motifs is 1. The van der Waals surface area contributed by atoms with E-state index in [1.165, 1.54) is 0 Å². The van der Waals surface area contributed by atoms with Crippen LogP contribution in [0.3, 0.4) is 0 Å². The molecule has 0 bridgehead atoms. The Balaban J connectivity index is 1.44. The van der Waals surface area contributed by atoms with E-state index < -0.39 is 6.10 Å². The Hall–Kier alpha value is -2.45. The van der Waals surface area contributed by atoms with Gasteiger partial charge in [0.25, 0.3) is 0 Å². The highest BCUT2D eigenvalue weighted by Gasteiger charge is 2.20. The highest BCUT2D eigenvalue weighted by Crippen LogP contribution is 2.37. The molecule has 1 aromatic heterocycles. The van der Waals surface area contributed by atoms with Crippen LogP contribution in [0.4, 0.5) is 0 Å². The first-order chi connectivity index (χ1) is 14.6. The Kier molecular flexibility index (Phi) is 6.64. The molecule has 0 saturated carbocycles. The van der Waals surface area contributed by atoms with E-state index in [0.717, 1.165) is 60.4 Å². The summed E-state index contributed by atoms with van der Waals surface area (Å²) in [6.45, 7) is 5.38. The van der Waals surface area contributed by atoms with Gasteiger partial charge >= 0.3 is 0 Å². The highest BCUT2D eigenvalue weighted by atomic mass is 16.5. The zero-order chi connectivity index (χ0) is 20.9. The summed E-state index contributed by atoms with van der Waals surface area (Å²) < 4.78 is 7.90. The molecule has 1 aliphatic heterocycles. The molecule has 7 heteroatoms. The summed E-state index contributed by atoms with van der Waals surface area (Å²) in [7, 11) is 1.90. The van der Waals surface area contributed by atoms with Crippen LogP contribution in [0.25, 0.3) is 21.9 Å². The lowest BCUT2D eigenvalue weighted by Crippen LogP contribution is -2.49. The lowest BCUT2D eigenvalue weighted by molar-refractivity contribution is 0.0430. The molecule has 0 amide bonds. The smallest absolute Gasteiger partial charge is 0.128 e. The fourth-order valence-corrected chi connectivity index (χ4v) is 4.09. The van der Waals surface area contributed by atoms with Crippen LogP contribution in [-0.4, -0.2) is 88.4 Å². The normalized spacial score (nSPS) is 16.8. The molecule has 2 N–H and O–H groups in total. The van der Waals surface area contributed by atoms with Crippen LogP contribution < -0.4 is 4.74 Å². The Morgan fingerprint density at radius 2 is 1.83 bits per heavy atom. The van der Waals surface area contributed by atoms with E-state index in [0.29, 0.717) is 6.54 Å². The highest BCUT2D eigenvalue weighted by molar-refractivity contribution is 5.99. The van der Waals surface area contributed by atoms with Crippen molar-refractivity contribution in [2.75, 3.05) is 52.5 Å². The lowest BCUT2D eigenvalue weighted by Gasteiger charge is -2.35. The molecule has 1 saturated heterocycles. The average molecular weight is 411 g/mol. The van der Waals surface area contributed by atoms with Crippen molar-refractivity contribution in [3.8, 4) is 16.9 Å².